The summed E-state index contributed by atoms with van der Waals surface area (Å²) < 4.78 is 18.7. The Morgan fingerprint density at radius 1 is 1.35 bits per heavy atom. The van der Waals surface area contributed by atoms with E-state index < -0.39 is 0 Å². The monoisotopic (exact) mass is 281 g/mol. The van der Waals surface area contributed by atoms with Gasteiger partial charge in [0.15, 0.2) is 5.96 Å². The predicted molar refractivity (Wildman–Crippen MR) is 80.7 cm³/mol. The van der Waals surface area contributed by atoms with Crippen LogP contribution in [0.3, 0.4) is 0 Å². The molecule has 0 heterocycles. The van der Waals surface area contributed by atoms with Gasteiger partial charge < -0.3 is 15.4 Å². The number of hydrogen-bond donors (Lipinski definition) is 2. The van der Waals surface area contributed by atoms with Crippen molar-refractivity contribution < 1.29 is 9.13 Å². The van der Waals surface area contributed by atoms with E-state index in [0.29, 0.717) is 18.3 Å². The average Bonchev–Trinajstić information content (AvgIpc) is 2.35. The number of guanidine groups is 1. The first-order valence-electron chi connectivity index (χ1n) is 6.98. The van der Waals surface area contributed by atoms with Gasteiger partial charge >= 0.3 is 0 Å². The van der Waals surface area contributed by atoms with Gasteiger partial charge in [0, 0.05) is 18.7 Å². The summed E-state index contributed by atoms with van der Waals surface area (Å²) in [6.07, 6.45) is -0.126. The highest BCUT2D eigenvalue weighted by molar-refractivity contribution is 5.79. The fourth-order valence-electron chi connectivity index (χ4n) is 1.62. The minimum atomic E-state index is -0.298. The van der Waals surface area contributed by atoms with Crippen LogP contribution in [-0.4, -0.2) is 31.2 Å². The van der Waals surface area contributed by atoms with Crippen LogP contribution in [0, 0.1) is 5.82 Å². The molecule has 1 aromatic carbocycles. The van der Waals surface area contributed by atoms with Crippen LogP contribution < -0.4 is 15.4 Å². The predicted octanol–water partition coefficient (Wildman–Crippen LogP) is 2.56. The molecule has 1 atom stereocenters. The topological polar surface area (TPSA) is 45.7 Å². The fourth-order valence-corrected chi connectivity index (χ4v) is 1.62. The van der Waals surface area contributed by atoms with Crippen molar-refractivity contribution >= 4 is 5.96 Å². The Kier molecular flexibility index (Phi) is 6.84. The van der Waals surface area contributed by atoms with Crippen LogP contribution in [0.4, 0.5) is 4.39 Å². The third kappa shape index (κ3) is 6.41. The first-order chi connectivity index (χ1) is 9.51. The first kappa shape index (κ1) is 16.3. The zero-order valence-electron chi connectivity index (χ0n) is 12.6. The van der Waals surface area contributed by atoms with Gasteiger partial charge in [0.25, 0.3) is 0 Å². The highest BCUT2D eigenvalue weighted by Crippen LogP contribution is 2.13. The lowest BCUT2D eigenvalue weighted by molar-refractivity contribution is 0.229. The van der Waals surface area contributed by atoms with Crippen molar-refractivity contribution in [1.29, 1.82) is 0 Å². The van der Waals surface area contributed by atoms with E-state index in [0.717, 1.165) is 12.5 Å². The zero-order chi connectivity index (χ0) is 15.0. The molecule has 0 aliphatic rings. The van der Waals surface area contributed by atoms with E-state index in [9.17, 15) is 4.39 Å². The van der Waals surface area contributed by atoms with Gasteiger partial charge in [0.2, 0.25) is 0 Å². The molecule has 0 fully saturated rings. The standard InChI is InChI=1S/C15H24FN3O/c1-5-17-15(19-11(2)3)18-10-12(4)20-14-8-6-7-13(16)9-14/h6-9,11-12H,5,10H2,1-4H3,(H2,17,18,19). The maximum absolute atomic E-state index is 13.0. The SMILES string of the molecule is CCNC(=NCC(C)Oc1cccc(F)c1)NC(C)C. The Hall–Kier alpha value is -1.78. The van der Waals surface area contributed by atoms with Crippen molar-refractivity contribution in [3.8, 4) is 5.75 Å². The number of nitrogens with zero attached hydrogens (tertiary/aromatic N) is 1. The van der Waals surface area contributed by atoms with Crippen molar-refractivity contribution in [2.24, 2.45) is 4.99 Å². The van der Waals surface area contributed by atoms with E-state index in [4.69, 9.17) is 4.74 Å². The molecule has 1 unspecified atom stereocenters. The molecule has 0 saturated carbocycles. The van der Waals surface area contributed by atoms with Crippen LogP contribution in [0.25, 0.3) is 0 Å². The summed E-state index contributed by atoms with van der Waals surface area (Å²) in [5, 5.41) is 6.40. The van der Waals surface area contributed by atoms with Gasteiger partial charge in [-0.05, 0) is 39.8 Å². The number of rotatable bonds is 6. The lowest BCUT2D eigenvalue weighted by atomic mass is 10.3. The van der Waals surface area contributed by atoms with Gasteiger partial charge in [-0.1, -0.05) is 6.07 Å². The normalized spacial score (nSPS) is 13.2. The molecule has 20 heavy (non-hydrogen) atoms. The van der Waals surface area contributed by atoms with Crippen molar-refractivity contribution in [3.05, 3.63) is 30.1 Å². The molecule has 1 aromatic rings. The van der Waals surface area contributed by atoms with Crippen molar-refractivity contribution in [2.75, 3.05) is 13.1 Å². The molecular weight excluding hydrogens is 257 g/mol. The van der Waals surface area contributed by atoms with Gasteiger partial charge in [-0.3, -0.25) is 0 Å². The van der Waals surface area contributed by atoms with Gasteiger partial charge in [0.05, 0.1) is 6.54 Å². The molecule has 0 spiro atoms. The summed E-state index contributed by atoms with van der Waals surface area (Å²) in [6, 6.07) is 6.45. The third-order valence-corrected chi connectivity index (χ3v) is 2.41. The number of ether oxygens (including phenoxy) is 1. The van der Waals surface area contributed by atoms with E-state index in [2.05, 4.69) is 29.5 Å². The molecule has 0 bridgehead atoms. The van der Waals surface area contributed by atoms with Crippen LogP contribution in [0.2, 0.25) is 0 Å². The van der Waals surface area contributed by atoms with E-state index in [-0.39, 0.29) is 11.9 Å². The van der Waals surface area contributed by atoms with Gasteiger partial charge in [-0.15, -0.1) is 0 Å². The quantitative estimate of drug-likeness (QED) is 0.622. The second kappa shape index (κ2) is 8.40. The Morgan fingerprint density at radius 2 is 2.10 bits per heavy atom. The van der Waals surface area contributed by atoms with Crippen LogP contribution in [0.15, 0.2) is 29.3 Å². The molecule has 1 rings (SSSR count). The van der Waals surface area contributed by atoms with Crippen LogP contribution in [-0.2, 0) is 0 Å². The minimum Gasteiger partial charge on any atom is -0.489 e. The largest absolute Gasteiger partial charge is 0.489 e. The highest BCUT2D eigenvalue weighted by atomic mass is 19.1. The summed E-state index contributed by atoms with van der Waals surface area (Å²) in [5.74, 6) is 0.986. The molecule has 2 N–H and O–H groups in total. The summed E-state index contributed by atoms with van der Waals surface area (Å²) in [6.45, 7) is 9.34. The summed E-state index contributed by atoms with van der Waals surface area (Å²) >= 11 is 0. The van der Waals surface area contributed by atoms with Crippen LogP contribution >= 0.6 is 0 Å². The van der Waals surface area contributed by atoms with Crippen molar-refractivity contribution in [3.63, 3.8) is 0 Å². The first-order valence-corrected chi connectivity index (χ1v) is 6.98. The van der Waals surface area contributed by atoms with E-state index in [1.165, 1.54) is 12.1 Å². The molecular formula is C15H24FN3O. The number of nitrogens with one attached hydrogen (secondary N) is 2. The van der Waals surface area contributed by atoms with Crippen LogP contribution in [0.5, 0.6) is 5.75 Å². The molecule has 0 amide bonds. The average molecular weight is 281 g/mol. The summed E-state index contributed by atoms with van der Waals surface area (Å²) in [7, 11) is 0. The molecule has 4 nitrogen and oxygen atoms in total. The lowest BCUT2D eigenvalue weighted by Crippen LogP contribution is -2.41. The molecule has 112 valence electrons. The maximum Gasteiger partial charge on any atom is 0.191 e. The fraction of sp³-hybridized carbons (Fsp3) is 0.533. The molecule has 0 radical (unpaired) electrons. The number of aliphatic imine (C=N–C) groups is 1. The highest BCUT2D eigenvalue weighted by Gasteiger charge is 2.06. The van der Waals surface area contributed by atoms with Gasteiger partial charge in [0.1, 0.15) is 17.7 Å². The Bertz CT molecular complexity index is 435. The van der Waals surface area contributed by atoms with E-state index >= 15 is 0 Å². The van der Waals surface area contributed by atoms with Gasteiger partial charge in [-0.25, -0.2) is 9.38 Å². The molecule has 0 aromatic heterocycles. The molecule has 0 aliphatic heterocycles. The Labute approximate surface area is 120 Å². The molecule has 5 heteroatoms. The van der Waals surface area contributed by atoms with Crippen molar-refractivity contribution in [1.82, 2.24) is 10.6 Å². The second-order valence-corrected chi connectivity index (χ2v) is 4.90. The Morgan fingerprint density at radius 3 is 2.70 bits per heavy atom. The minimum absolute atomic E-state index is 0.126. The number of hydrogen-bond acceptors (Lipinski definition) is 2. The number of halogens is 1. The van der Waals surface area contributed by atoms with E-state index in [1.54, 1.807) is 12.1 Å². The van der Waals surface area contributed by atoms with Gasteiger partial charge in [-0.2, -0.15) is 0 Å². The second-order valence-electron chi connectivity index (χ2n) is 4.90. The summed E-state index contributed by atoms with van der Waals surface area (Å²) in [4.78, 5) is 4.45. The Balaban J connectivity index is 2.53. The maximum atomic E-state index is 13.0. The summed E-state index contributed by atoms with van der Waals surface area (Å²) in [5.41, 5.74) is 0. The molecule has 0 aliphatic carbocycles. The van der Waals surface area contributed by atoms with Crippen molar-refractivity contribution in [2.45, 2.75) is 39.8 Å². The smallest absolute Gasteiger partial charge is 0.191 e. The lowest BCUT2D eigenvalue weighted by Gasteiger charge is -2.16. The zero-order valence-corrected chi connectivity index (χ0v) is 12.6. The third-order valence-electron chi connectivity index (χ3n) is 2.41. The van der Waals surface area contributed by atoms with Crippen LogP contribution in [0.1, 0.15) is 27.7 Å². The van der Waals surface area contributed by atoms with E-state index in [1.807, 2.05) is 13.8 Å². The molecule has 0 saturated heterocycles. The number of benzene rings is 1.